The molecule has 0 atom stereocenters. The summed E-state index contributed by atoms with van der Waals surface area (Å²) >= 11 is 0. The van der Waals surface area contributed by atoms with Gasteiger partial charge in [0.05, 0.1) is 0 Å². The fourth-order valence-corrected chi connectivity index (χ4v) is 2.65. The molecule has 3 rings (SSSR count). The monoisotopic (exact) mass is 282 g/mol. The molecular formula is C16H18N4O. The van der Waals surface area contributed by atoms with E-state index < -0.39 is 5.66 Å². The minimum atomic E-state index is -0.681. The highest BCUT2D eigenvalue weighted by Crippen LogP contribution is 2.29. The summed E-state index contributed by atoms with van der Waals surface area (Å²) < 4.78 is 0. The maximum atomic E-state index is 12.0. The molecule has 1 aliphatic rings. The second-order valence-electron chi connectivity index (χ2n) is 5.11. The van der Waals surface area contributed by atoms with E-state index in [4.69, 9.17) is 0 Å². The van der Waals surface area contributed by atoms with Crippen molar-refractivity contribution in [1.29, 1.82) is 0 Å². The molecule has 0 spiro atoms. The van der Waals surface area contributed by atoms with Gasteiger partial charge in [0.15, 0.2) is 5.66 Å². The number of hydrogen-bond donors (Lipinski definition) is 2. The van der Waals surface area contributed by atoms with Crippen molar-refractivity contribution >= 4 is 6.03 Å². The van der Waals surface area contributed by atoms with Crippen molar-refractivity contribution in [1.82, 2.24) is 20.9 Å². The summed E-state index contributed by atoms with van der Waals surface area (Å²) in [5, 5.41) is 2.99. The summed E-state index contributed by atoms with van der Waals surface area (Å²) in [6.45, 7) is 0. The van der Waals surface area contributed by atoms with Gasteiger partial charge >= 0.3 is 6.03 Å². The van der Waals surface area contributed by atoms with Gasteiger partial charge in [-0.05, 0) is 11.1 Å². The van der Waals surface area contributed by atoms with E-state index in [0.717, 1.165) is 11.1 Å². The highest BCUT2D eigenvalue weighted by atomic mass is 16.2. The molecule has 0 aliphatic carbocycles. The van der Waals surface area contributed by atoms with Gasteiger partial charge in [-0.2, -0.15) is 0 Å². The summed E-state index contributed by atoms with van der Waals surface area (Å²) in [6.07, 6.45) is 0. The van der Waals surface area contributed by atoms with Crippen molar-refractivity contribution < 1.29 is 4.79 Å². The summed E-state index contributed by atoms with van der Waals surface area (Å²) in [4.78, 5) is 12.0. The molecule has 1 saturated heterocycles. The molecule has 108 valence electrons. The van der Waals surface area contributed by atoms with Gasteiger partial charge in [-0.3, -0.25) is 10.0 Å². The van der Waals surface area contributed by atoms with Crippen LogP contribution in [-0.4, -0.2) is 30.1 Å². The molecule has 0 saturated carbocycles. The van der Waals surface area contributed by atoms with Crippen LogP contribution in [0.5, 0.6) is 0 Å². The Hall–Kier alpha value is -2.37. The molecule has 2 N–H and O–H groups in total. The van der Waals surface area contributed by atoms with Crippen LogP contribution in [0.15, 0.2) is 60.7 Å². The third kappa shape index (κ3) is 2.26. The lowest BCUT2D eigenvalue weighted by molar-refractivity contribution is 0.0195. The second kappa shape index (κ2) is 5.20. The first-order chi connectivity index (χ1) is 10.1. The van der Waals surface area contributed by atoms with E-state index in [1.54, 1.807) is 14.1 Å². The van der Waals surface area contributed by atoms with Crippen LogP contribution in [0.1, 0.15) is 11.1 Å². The lowest BCUT2D eigenvalue weighted by Gasteiger charge is -2.47. The van der Waals surface area contributed by atoms with Gasteiger partial charge < -0.3 is 0 Å². The Bertz CT molecular complexity index is 574. The van der Waals surface area contributed by atoms with Crippen LogP contribution >= 0.6 is 0 Å². The van der Waals surface area contributed by atoms with Crippen molar-refractivity contribution in [2.24, 2.45) is 0 Å². The molecular weight excluding hydrogens is 264 g/mol. The van der Waals surface area contributed by atoms with Gasteiger partial charge in [-0.15, -0.1) is 0 Å². The van der Waals surface area contributed by atoms with Gasteiger partial charge in [0, 0.05) is 14.1 Å². The SMILES string of the molecule is CN1NC(c2ccccc2)(c2ccccc2)NN(C)C1=O. The molecule has 21 heavy (non-hydrogen) atoms. The number of amides is 2. The van der Waals surface area contributed by atoms with Crippen LogP contribution < -0.4 is 10.9 Å². The van der Waals surface area contributed by atoms with E-state index in [2.05, 4.69) is 10.9 Å². The van der Waals surface area contributed by atoms with Gasteiger partial charge in [0.2, 0.25) is 0 Å². The predicted octanol–water partition coefficient (Wildman–Crippen LogP) is 1.89. The number of hydrazine groups is 2. The first kappa shape index (κ1) is 13.6. The third-order valence-electron chi connectivity index (χ3n) is 3.66. The topological polar surface area (TPSA) is 47.6 Å². The van der Waals surface area contributed by atoms with Crippen molar-refractivity contribution in [3.05, 3.63) is 71.8 Å². The van der Waals surface area contributed by atoms with Crippen LogP contribution in [0.4, 0.5) is 4.79 Å². The zero-order valence-electron chi connectivity index (χ0n) is 12.1. The van der Waals surface area contributed by atoms with Crippen molar-refractivity contribution in [3.63, 3.8) is 0 Å². The van der Waals surface area contributed by atoms with Crippen molar-refractivity contribution in [2.75, 3.05) is 14.1 Å². The Labute approximate surface area is 124 Å². The fraction of sp³-hybridized carbons (Fsp3) is 0.188. The first-order valence-electron chi connectivity index (χ1n) is 6.81. The Morgan fingerprint density at radius 1 is 0.762 bits per heavy atom. The molecule has 0 unspecified atom stereocenters. The number of carbonyl (C=O) groups excluding carboxylic acids is 1. The number of nitrogens with zero attached hydrogens (tertiary/aromatic N) is 2. The maximum absolute atomic E-state index is 12.0. The molecule has 0 aromatic heterocycles. The fourth-order valence-electron chi connectivity index (χ4n) is 2.65. The van der Waals surface area contributed by atoms with Crippen LogP contribution in [0, 0.1) is 0 Å². The van der Waals surface area contributed by atoms with Crippen LogP contribution in [-0.2, 0) is 5.66 Å². The van der Waals surface area contributed by atoms with Gasteiger partial charge in [-0.25, -0.2) is 15.6 Å². The number of nitrogens with one attached hydrogen (secondary N) is 2. The van der Waals surface area contributed by atoms with Gasteiger partial charge in [0.1, 0.15) is 0 Å². The summed E-state index contributed by atoms with van der Waals surface area (Å²) in [5.41, 5.74) is 7.93. The standard InChI is InChI=1S/C16H18N4O/c1-19-15(21)20(2)18-16(17-19,13-9-5-3-6-10-13)14-11-7-4-8-12-14/h3-12,17-18H,1-2H3. The zero-order valence-corrected chi connectivity index (χ0v) is 12.1. The van der Waals surface area contributed by atoms with Gasteiger partial charge in [0.25, 0.3) is 0 Å². The van der Waals surface area contributed by atoms with E-state index in [-0.39, 0.29) is 6.03 Å². The van der Waals surface area contributed by atoms with E-state index in [1.807, 2.05) is 60.7 Å². The Kier molecular flexibility index (Phi) is 3.37. The minimum absolute atomic E-state index is 0.141. The van der Waals surface area contributed by atoms with Crippen molar-refractivity contribution in [3.8, 4) is 0 Å². The largest absolute Gasteiger partial charge is 0.348 e. The van der Waals surface area contributed by atoms with E-state index >= 15 is 0 Å². The molecule has 1 heterocycles. The zero-order chi connectivity index (χ0) is 14.9. The number of urea groups is 1. The number of rotatable bonds is 2. The quantitative estimate of drug-likeness (QED) is 0.884. The average Bonchev–Trinajstić information content (AvgIpc) is 2.54. The molecule has 5 nitrogen and oxygen atoms in total. The molecule has 0 bridgehead atoms. The predicted molar refractivity (Wildman–Crippen MR) is 80.9 cm³/mol. The second-order valence-corrected chi connectivity index (χ2v) is 5.11. The Morgan fingerprint density at radius 3 is 1.52 bits per heavy atom. The molecule has 1 fully saturated rings. The summed E-state index contributed by atoms with van der Waals surface area (Å²) in [6, 6.07) is 19.9. The van der Waals surface area contributed by atoms with E-state index in [9.17, 15) is 4.79 Å². The van der Waals surface area contributed by atoms with Crippen LogP contribution in [0.25, 0.3) is 0 Å². The molecule has 2 amide bonds. The maximum Gasteiger partial charge on any atom is 0.348 e. The molecule has 2 aromatic rings. The molecule has 2 aromatic carbocycles. The van der Waals surface area contributed by atoms with Crippen LogP contribution in [0.2, 0.25) is 0 Å². The smallest absolute Gasteiger partial charge is 0.259 e. The highest BCUT2D eigenvalue weighted by Gasteiger charge is 2.42. The lowest BCUT2D eigenvalue weighted by atomic mass is 9.92. The Balaban J connectivity index is 2.15. The first-order valence-corrected chi connectivity index (χ1v) is 6.81. The van der Waals surface area contributed by atoms with Crippen molar-refractivity contribution in [2.45, 2.75) is 5.66 Å². The molecule has 5 heteroatoms. The highest BCUT2D eigenvalue weighted by molar-refractivity contribution is 5.74. The third-order valence-corrected chi connectivity index (χ3v) is 3.66. The van der Waals surface area contributed by atoms with E-state index in [1.165, 1.54) is 10.0 Å². The van der Waals surface area contributed by atoms with E-state index in [0.29, 0.717) is 0 Å². The summed E-state index contributed by atoms with van der Waals surface area (Å²) in [5.74, 6) is 0. The van der Waals surface area contributed by atoms with Gasteiger partial charge in [-0.1, -0.05) is 60.7 Å². The number of hydrogen-bond acceptors (Lipinski definition) is 3. The summed E-state index contributed by atoms with van der Waals surface area (Å²) in [7, 11) is 3.45. The number of carbonyl (C=O) groups is 1. The van der Waals surface area contributed by atoms with Crippen LogP contribution in [0.3, 0.4) is 0 Å². The molecule has 0 radical (unpaired) electrons. The normalized spacial score (nSPS) is 17.9. The average molecular weight is 282 g/mol. The number of benzene rings is 2. The minimum Gasteiger partial charge on any atom is -0.259 e. The molecule has 1 aliphatic heterocycles. The Morgan fingerprint density at radius 2 is 1.14 bits per heavy atom. The lowest BCUT2D eigenvalue weighted by Crippen LogP contribution is -2.72.